The van der Waals surface area contributed by atoms with Gasteiger partial charge in [-0.3, -0.25) is 29.6 Å². The molecule has 1 aliphatic rings. The number of aryl methyl sites for hydroxylation is 2. The average molecular weight is 444 g/mol. The molecule has 1 aliphatic heterocycles. The second-order valence-electron chi connectivity index (χ2n) is 7.28. The molecule has 162 valence electrons. The van der Waals surface area contributed by atoms with Crippen LogP contribution in [0.2, 0.25) is 5.02 Å². The maximum absolute atomic E-state index is 12.3. The Balaban J connectivity index is 1.50. The molecule has 1 saturated heterocycles. The van der Waals surface area contributed by atoms with Gasteiger partial charge in [-0.15, -0.1) is 0 Å². The van der Waals surface area contributed by atoms with Crippen molar-refractivity contribution in [2.75, 3.05) is 18.5 Å². The lowest BCUT2D eigenvalue weighted by molar-refractivity contribution is -0.151. The van der Waals surface area contributed by atoms with Crippen LogP contribution in [-0.2, 0) is 19.1 Å². The number of rotatable bonds is 6. The second kappa shape index (κ2) is 9.61. The van der Waals surface area contributed by atoms with Crippen molar-refractivity contribution in [1.29, 1.82) is 0 Å². The lowest BCUT2D eigenvalue weighted by atomic mass is 10.1. The summed E-state index contributed by atoms with van der Waals surface area (Å²) in [5.74, 6) is -2.82. The molecule has 2 N–H and O–H groups in total. The van der Waals surface area contributed by atoms with E-state index in [1.54, 1.807) is 12.1 Å². The van der Waals surface area contributed by atoms with Gasteiger partial charge in [0.05, 0.1) is 12.5 Å². The fraction of sp³-hybridized carbons (Fsp3) is 0.273. The van der Waals surface area contributed by atoms with E-state index in [9.17, 15) is 19.2 Å². The van der Waals surface area contributed by atoms with E-state index < -0.39 is 36.2 Å². The molecule has 0 radical (unpaired) electrons. The van der Waals surface area contributed by atoms with Crippen LogP contribution in [-0.4, -0.2) is 41.9 Å². The number of hydrazine groups is 1. The van der Waals surface area contributed by atoms with Gasteiger partial charge in [0.25, 0.3) is 11.8 Å². The zero-order valence-corrected chi connectivity index (χ0v) is 17.9. The van der Waals surface area contributed by atoms with E-state index in [1.165, 1.54) is 12.1 Å². The highest BCUT2D eigenvalue weighted by Crippen LogP contribution is 2.20. The van der Waals surface area contributed by atoms with E-state index in [4.69, 9.17) is 16.3 Å². The summed E-state index contributed by atoms with van der Waals surface area (Å²) in [5.41, 5.74) is 5.27. The van der Waals surface area contributed by atoms with Crippen LogP contribution in [0, 0.1) is 19.8 Å². The summed E-state index contributed by atoms with van der Waals surface area (Å²) in [5, 5.41) is 4.30. The smallest absolute Gasteiger partial charge is 0.311 e. The van der Waals surface area contributed by atoms with E-state index in [2.05, 4.69) is 10.7 Å². The van der Waals surface area contributed by atoms with Crippen molar-refractivity contribution in [2.45, 2.75) is 20.3 Å². The van der Waals surface area contributed by atoms with Crippen LogP contribution in [0.3, 0.4) is 0 Å². The first-order chi connectivity index (χ1) is 14.7. The van der Waals surface area contributed by atoms with Gasteiger partial charge in [0.15, 0.2) is 6.61 Å². The Kier molecular flexibility index (Phi) is 6.91. The van der Waals surface area contributed by atoms with E-state index >= 15 is 0 Å². The second-order valence-corrected chi connectivity index (χ2v) is 7.71. The van der Waals surface area contributed by atoms with Gasteiger partial charge in [0.1, 0.15) is 0 Å². The minimum atomic E-state index is -0.772. The quantitative estimate of drug-likeness (QED) is 0.668. The van der Waals surface area contributed by atoms with Crippen molar-refractivity contribution in [3.63, 3.8) is 0 Å². The van der Waals surface area contributed by atoms with Gasteiger partial charge >= 0.3 is 5.97 Å². The molecule has 2 aromatic carbocycles. The van der Waals surface area contributed by atoms with Crippen molar-refractivity contribution in [3.8, 4) is 0 Å². The third kappa shape index (κ3) is 5.61. The van der Waals surface area contributed by atoms with Crippen LogP contribution in [0.15, 0.2) is 42.5 Å². The van der Waals surface area contributed by atoms with Crippen molar-refractivity contribution in [3.05, 3.63) is 64.2 Å². The van der Waals surface area contributed by atoms with Crippen LogP contribution < -0.4 is 10.7 Å². The molecule has 3 rings (SSSR count). The molecule has 31 heavy (non-hydrogen) atoms. The molecule has 0 unspecified atom stereocenters. The average Bonchev–Trinajstić information content (AvgIpc) is 3.10. The van der Waals surface area contributed by atoms with Gasteiger partial charge in [-0.2, -0.15) is 0 Å². The Morgan fingerprint density at radius 1 is 1.10 bits per heavy atom. The third-order valence-electron chi connectivity index (χ3n) is 4.89. The Bertz CT molecular complexity index is 1000. The molecule has 1 heterocycles. The molecular weight excluding hydrogens is 422 g/mol. The van der Waals surface area contributed by atoms with Crippen molar-refractivity contribution < 1.29 is 23.9 Å². The summed E-state index contributed by atoms with van der Waals surface area (Å²) in [6.07, 6.45) is -0.113. The first-order valence-electron chi connectivity index (χ1n) is 9.64. The first-order valence-corrected chi connectivity index (χ1v) is 10.0. The van der Waals surface area contributed by atoms with Gasteiger partial charge in [0, 0.05) is 22.7 Å². The van der Waals surface area contributed by atoms with Crippen molar-refractivity contribution >= 4 is 41.0 Å². The topological polar surface area (TPSA) is 105 Å². The van der Waals surface area contributed by atoms with Gasteiger partial charge < -0.3 is 10.1 Å². The summed E-state index contributed by atoms with van der Waals surface area (Å²) in [6.45, 7) is 3.24. The van der Waals surface area contributed by atoms with Crippen LogP contribution in [0.1, 0.15) is 27.9 Å². The Labute approximate surface area is 184 Å². The number of para-hydroxylation sites is 1. The fourth-order valence-corrected chi connectivity index (χ4v) is 3.33. The molecule has 0 bridgehead atoms. The molecule has 3 amide bonds. The zero-order chi connectivity index (χ0) is 22.5. The van der Waals surface area contributed by atoms with Crippen molar-refractivity contribution in [2.24, 2.45) is 5.92 Å². The van der Waals surface area contributed by atoms with Crippen LogP contribution in [0.5, 0.6) is 0 Å². The highest BCUT2D eigenvalue weighted by Gasteiger charge is 2.36. The lowest BCUT2D eigenvalue weighted by Crippen LogP contribution is -2.43. The highest BCUT2D eigenvalue weighted by atomic mass is 35.5. The molecule has 2 aromatic rings. The number of hydrogen-bond donors (Lipinski definition) is 2. The standard InChI is InChI=1S/C22H22ClN3O5/c1-13-4-3-5-14(2)20(13)24-18(27)12-31-22(30)16-10-19(28)26(11-16)25-21(29)15-6-8-17(23)9-7-15/h3-9,16H,10-12H2,1-2H3,(H,24,27)(H,25,29)/t16-/m0/s1. The van der Waals surface area contributed by atoms with Crippen molar-refractivity contribution in [1.82, 2.24) is 10.4 Å². The number of ether oxygens (including phenoxy) is 1. The highest BCUT2D eigenvalue weighted by molar-refractivity contribution is 6.30. The molecule has 0 saturated carbocycles. The summed E-state index contributed by atoms with van der Waals surface area (Å²) in [7, 11) is 0. The number of nitrogens with zero attached hydrogens (tertiary/aromatic N) is 1. The van der Waals surface area contributed by atoms with Gasteiger partial charge in [-0.1, -0.05) is 29.8 Å². The number of halogens is 1. The van der Waals surface area contributed by atoms with E-state index in [0.29, 0.717) is 16.3 Å². The van der Waals surface area contributed by atoms with Crippen LogP contribution in [0.4, 0.5) is 5.69 Å². The summed E-state index contributed by atoms with van der Waals surface area (Å²) in [6, 6.07) is 11.8. The van der Waals surface area contributed by atoms with E-state index in [0.717, 1.165) is 16.1 Å². The SMILES string of the molecule is Cc1cccc(C)c1NC(=O)COC(=O)[C@H]1CC(=O)N(NC(=O)c2ccc(Cl)cc2)C1. The van der Waals surface area contributed by atoms with E-state index in [-0.39, 0.29) is 13.0 Å². The predicted octanol–water partition coefficient (Wildman–Crippen LogP) is 2.63. The van der Waals surface area contributed by atoms with Crippen LogP contribution >= 0.6 is 11.6 Å². The van der Waals surface area contributed by atoms with Crippen LogP contribution in [0.25, 0.3) is 0 Å². The number of carbonyl (C=O) groups is 4. The Morgan fingerprint density at radius 3 is 2.39 bits per heavy atom. The first kappa shape index (κ1) is 22.3. The summed E-state index contributed by atoms with van der Waals surface area (Å²) >= 11 is 5.80. The fourth-order valence-electron chi connectivity index (χ4n) is 3.20. The normalized spacial score (nSPS) is 15.5. The third-order valence-corrected chi connectivity index (χ3v) is 5.14. The molecule has 0 aromatic heterocycles. The maximum atomic E-state index is 12.3. The van der Waals surface area contributed by atoms with Gasteiger partial charge in [-0.25, -0.2) is 0 Å². The summed E-state index contributed by atoms with van der Waals surface area (Å²) in [4.78, 5) is 48.9. The largest absolute Gasteiger partial charge is 0.455 e. The zero-order valence-electron chi connectivity index (χ0n) is 17.1. The Hall–Kier alpha value is -3.39. The summed E-state index contributed by atoms with van der Waals surface area (Å²) < 4.78 is 5.08. The maximum Gasteiger partial charge on any atom is 0.311 e. The molecule has 0 spiro atoms. The number of hydrogen-bond acceptors (Lipinski definition) is 5. The number of amides is 3. The lowest BCUT2D eigenvalue weighted by Gasteiger charge is -2.17. The number of anilines is 1. The minimum absolute atomic E-state index is 0.0322. The number of esters is 1. The monoisotopic (exact) mass is 443 g/mol. The minimum Gasteiger partial charge on any atom is -0.455 e. The predicted molar refractivity (Wildman–Crippen MR) is 114 cm³/mol. The number of carbonyl (C=O) groups excluding carboxylic acids is 4. The number of nitrogens with one attached hydrogen (secondary N) is 2. The Morgan fingerprint density at radius 2 is 1.74 bits per heavy atom. The molecule has 9 heteroatoms. The molecular formula is C22H22ClN3O5. The molecule has 0 aliphatic carbocycles. The molecule has 1 fully saturated rings. The van der Waals surface area contributed by atoms with Gasteiger partial charge in [-0.05, 0) is 49.2 Å². The number of benzene rings is 2. The van der Waals surface area contributed by atoms with E-state index in [1.807, 2.05) is 32.0 Å². The molecule has 8 nitrogen and oxygen atoms in total. The molecule has 1 atom stereocenters. The van der Waals surface area contributed by atoms with Gasteiger partial charge in [0.2, 0.25) is 5.91 Å².